The number of benzene rings is 1. The van der Waals surface area contributed by atoms with Crippen molar-refractivity contribution in [3.8, 4) is 5.69 Å². The number of alkyl halides is 3. The van der Waals surface area contributed by atoms with Gasteiger partial charge in [-0.05, 0) is 46.6 Å². The van der Waals surface area contributed by atoms with Crippen LogP contribution in [0, 0.1) is 5.82 Å². The molecule has 0 aliphatic carbocycles. The zero-order valence-electron chi connectivity index (χ0n) is 9.80. The molecule has 1 aromatic carbocycles. The number of hydrogen-bond acceptors (Lipinski definition) is 1. The van der Waals surface area contributed by atoms with Crippen molar-refractivity contribution in [3.05, 3.63) is 45.9 Å². The predicted octanol–water partition coefficient (Wildman–Crippen LogP) is 4.36. The van der Waals surface area contributed by atoms with Crippen LogP contribution in [0.25, 0.3) is 5.69 Å². The van der Waals surface area contributed by atoms with Gasteiger partial charge in [0.25, 0.3) is 0 Å². The smallest absolute Gasteiger partial charge is 0.236 e. The van der Waals surface area contributed by atoms with E-state index < -0.39 is 17.7 Å². The Morgan fingerprint density at radius 2 is 1.95 bits per heavy atom. The molecule has 0 saturated heterocycles. The zero-order chi connectivity index (χ0) is 14.2. The molecule has 1 aromatic heterocycles. The fourth-order valence-electron chi connectivity index (χ4n) is 1.67. The van der Waals surface area contributed by atoms with E-state index in [0.717, 1.165) is 6.07 Å². The van der Waals surface area contributed by atoms with Crippen molar-refractivity contribution in [2.75, 3.05) is 0 Å². The molecule has 0 saturated carbocycles. The lowest BCUT2D eigenvalue weighted by Gasteiger charge is -2.08. The molecule has 0 aliphatic heterocycles. The lowest BCUT2D eigenvalue weighted by atomic mass is 10.2. The van der Waals surface area contributed by atoms with Gasteiger partial charge < -0.3 is 0 Å². The van der Waals surface area contributed by atoms with Crippen molar-refractivity contribution in [2.45, 2.75) is 19.5 Å². The van der Waals surface area contributed by atoms with Crippen LogP contribution in [-0.2, 0) is 12.6 Å². The van der Waals surface area contributed by atoms with Gasteiger partial charge in [-0.2, -0.15) is 18.3 Å². The normalized spacial score (nSPS) is 11.9. The third kappa shape index (κ3) is 2.80. The summed E-state index contributed by atoms with van der Waals surface area (Å²) in [5.41, 5.74) is -0.186. The molecule has 0 atom stereocenters. The number of nitrogens with zero attached hydrogens (tertiary/aromatic N) is 2. The number of aryl methyl sites for hydroxylation is 1. The average molecular weight is 337 g/mol. The van der Waals surface area contributed by atoms with E-state index in [-0.39, 0.29) is 0 Å². The Kier molecular flexibility index (Phi) is 3.66. The monoisotopic (exact) mass is 336 g/mol. The molecule has 2 aromatic rings. The first kappa shape index (κ1) is 14.0. The first-order valence-electron chi connectivity index (χ1n) is 5.44. The number of halogens is 5. The molecule has 2 rings (SSSR count). The Morgan fingerprint density at radius 1 is 1.26 bits per heavy atom. The molecule has 0 bridgehead atoms. The van der Waals surface area contributed by atoms with Gasteiger partial charge in [0.05, 0.1) is 5.69 Å². The van der Waals surface area contributed by atoms with Gasteiger partial charge in [-0.3, -0.25) is 0 Å². The van der Waals surface area contributed by atoms with Crippen molar-refractivity contribution < 1.29 is 17.6 Å². The number of hydrogen-bond donors (Lipinski definition) is 0. The van der Waals surface area contributed by atoms with Crippen LogP contribution in [0.3, 0.4) is 0 Å². The van der Waals surface area contributed by atoms with Crippen molar-refractivity contribution >= 4 is 15.9 Å². The van der Waals surface area contributed by atoms with E-state index in [4.69, 9.17) is 0 Å². The van der Waals surface area contributed by atoms with Gasteiger partial charge in [0.1, 0.15) is 5.82 Å². The van der Waals surface area contributed by atoms with Crippen molar-refractivity contribution in [2.24, 2.45) is 0 Å². The molecule has 0 unspecified atom stereocenters. The second kappa shape index (κ2) is 4.96. The first-order chi connectivity index (χ1) is 8.82. The second-order valence-electron chi connectivity index (χ2n) is 3.88. The van der Waals surface area contributed by atoms with Gasteiger partial charge in [0, 0.05) is 10.2 Å². The highest BCUT2D eigenvalue weighted by atomic mass is 79.9. The van der Waals surface area contributed by atoms with Crippen molar-refractivity contribution in [1.29, 1.82) is 0 Å². The van der Waals surface area contributed by atoms with Crippen LogP contribution < -0.4 is 0 Å². The van der Waals surface area contributed by atoms with Gasteiger partial charge in [-0.15, -0.1) is 0 Å². The Balaban J connectivity index is 2.58. The number of rotatable bonds is 2. The third-order valence-corrected chi connectivity index (χ3v) is 3.21. The standard InChI is InChI=1S/C12H9BrF4N2/c1-2-8-6-11(12(15,16)17)18-19(8)10-4-3-7(14)5-9(10)13/h3-6H,2H2,1H3. The van der Waals surface area contributed by atoms with E-state index >= 15 is 0 Å². The van der Waals surface area contributed by atoms with Gasteiger partial charge >= 0.3 is 6.18 Å². The first-order valence-corrected chi connectivity index (χ1v) is 6.23. The molecule has 0 radical (unpaired) electrons. The third-order valence-electron chi connectivity index (χ3n) is 2.57. The van der Waals surface area contributed by atoms with Crippen molar-refractivity contribution in [3.63, 3.8) is 0 Å². The van der Waals surface area contributed by atoms with Crippen LogP contribution >= 0.6 is 15.9 Å². The predicted molar refractivity (Wildman–Crippen MR) is 65.6 cm³/mol. The highest BCUT2D eigenvalue weighted by Crippen LogP contribution is 2.31. The molecule has 7 heteroatoms. The molecule has 0 fully saturated rings. The molecule has 0 spiro atoms. The Bertz CT molecular complexity index is 604. The summed E-state index contributed by atoms with van der Waals surface area (Å²) in [6.45, 7) is 1.73. The van der Waals surface area contributed by atoms with E-state index in [1.165, 1.54) is 22.9 Å². The SMILES string of the molecule is CCc1cc(C(F)(F)F)nn1-c1ccc(F)cc1Br. The van der Waals surface area contributed by atoms with Crippen LogP contribution in [0.15, 0.2) is 28.7 Å². The molecule has 1 heterocycles. The van der Waals surface area contributed by atoms with Gasteiger partial charge in [-0.1, -0.05) is 6.92 Å². The van der Waals surface area contributed by atoms with E-state index in [1.807, 2.05) is 0 Å². The van der Waals surface area contributed by atoms with Gasteiger partial charge in [0.15, 0.2) is 5.69 Å². The summed E-state index contributed by atoms with van der Waals surface area (Å²) >= 11 is 3.12. The fourth-order valence-corrected chi connectivity index (χ4v) is 2.19. The minimum absolute atomic E-state index is 0.346. The molecule has 19 heavy (non-hydrogen) atoms. The number of aromatic nitrogens is 2. The maximum absolute atomic E-state index is 13.0. The summed E-state index contributed by atoms with van der Waals surface area (Å²) in [6, 6.07) is 4.74. The highest BCUT2D eigenvalue weighted by Gasteiger charge is 2.35. The van der Waals surface area contributed by atoms with Gasteiger partial charge in [-0.25, -0.2) is 9.07 Å². The van der Waals surface area contributed by atoms with E-state index in [1.54, 1.807) is 6.92 Å². The minimum Gasteiger partial charge on any atom is -0.236 e. The average Bonchev–Trinajstić information content (AvgIpc) is 2.72. The Labute approximate surface area is 115 Å². The van der Waals surface area contributed by atoms with E-state index in [2.05, 4.69) is 21.0 Å². The lowest BCUT2D eigenvalue weighted by Crippen LogP contribution is -2.08. The topological polar surface area (TPSA) is 17.8 Å². The van der Waals surface area contributed by atoms with Crippen LogP contribution in [-0.4, -0.2) is 9.78 Å². The summed E-state index contributed by atoms with van der Waals surface area (Å²) in [5, 5.41) is 3.55. The zero-order valence-corrected chi connectivity index (χ0v) is 11.4. The summed E-state index contributed by atoms with van der Waals surface area (Å²) in [6.07, 6.45) is -4.12. The van der Waals surface area contributed by atoms with Crippen LogP contribution in [0.1, 0.15) is 18.3 Å². The summed E-state index contributed by atoms with van der Waals surface area (Å²) in [7, 11) is 0. The Hall–Kier alpha value is -1.37. The molecule has 2 nitrogen and oxygen atoms in total. The van der Waals surface area contributed by atoms with E-state index in [9.17, 15) is 17.6 Å². The minimum atomic E-state index is -4.50. The van der Waals surface area contributed by atoms with Crippen molar-refractivity contribution in [1.82, 2.24) is 9.78 Å². The summed E-state index contributed by atoms with van der Waals surface area (Å²) in [4.78, 5) is 0. The summed E-state index contributed by atoms with van der Waals surface area (Å²) in [5.74, 6) is -0.475. The summed E-state index contributed by atoms with van der Waals surface area (Å²) < 4.78 is 52.5. The molecule has 0 N–H and O–H groups in total. The van der Waals surface area contributed by atoms with Crippen LogP contribution in [0.2, 0.25) is 0 Å². The maximum Gasteiger partial charge on any atom is 0.435 e. The molecule has 0 aliphatic rings. The quantitative estimate of drug-likeness (QED) is 0.745. The molecular weight excluding hydrogens is 328 g/mol. The Morgan fingerprint density at radius 3 is 2.47 bits per heavy atom. The maximum atomic E-state index is 13.0. The molecule has 0 amide bonds. The fraction of sp³-hybridized carbons (Fsp3) is 0.250. The highest BCUT2D eigenvalue weighted by molar-refractivity contribution is 9.10. The largest absolute Gasteiger partial charge is 0.435 e. The lowest BCUT2D eigenvalue weighted by molar-refractivity contribution is -0.141. The molecular formula is C12H9BrF4N2. The second-order valence-corrected chi connectivity index (χ2v) is 4.73. The van der Waals surface area contributed by atoms with Crippen LogP contribution in [0.4, 0.5) is 17.6 Å². The van der Waals surface area contributed by atoms with Crippen LogP contribution in [0.5, 0.6) is 0 Å². The van der Waals surface area contributed by atoms with E-state index in [0.29, 0.717) is 22.3 Å². The molecule has 102 valence electrons. The van der Waals surface area contributed by atoms with Gasteiger partial charge in [0.2, 0.25) is 0 Å².